The highest BCUT2D eigenvalue weighted by Gasteiger charge is 2.39. The van der Waals surface area contributed by atoms with Crippen LogP contribution in [0, 0.1) is 0 Å². The molecule has 154 valence electrons. The first-order valence-electron chi connectivity index (χ1n) is 8.77. The highest BCUT2D eigenvalue weighted by molar-refractivity contribution is 5.65. The number of rotatable bonds is 5. The van der Waals surface area contributed by atoms with Gasteiger partial charge in [-0.15, -0.1) is 0 Å². The lowest BCUT2D eigenvalue weighted by Gasteiger charge is -2.10. The van der Waals surface area contributed by atoms with Gasteiger partial charge in [-0.2, -0.15) is 13.2 Å². The third kappa shape index (κ3) is 3.71. The van der Waals surface area contributed by atoms with Crippen molar-refractivity contribution in [1.29, 1.82) is 0 Å². The van der Waals surface area contributed by atoms with Crippen LogP contribution in [-0.4, -0.2) is 33.6 Å². The van der Waals surface area contributed by atoms with Crippen LogP contribution in [0.3, 0.4) is 0 Å². The van der Waals surface area contributed by atoms with E-state index in [0.29, 0.717) is 23.0 Å². The van der Waals surface area contributed by atoms with Gasteiger partial charge in [0.2, 0.25) is 0 Å². The summed E-state index contributed by atoms with van der Waals surface area (Å²) in [5.41, 5.74) is -0.543. The van der Waals surface area contributed by atoms with Crippen molar-refractivity contribution < 1.29 is 22.6 Å². The van der Waals surface area contributed by atoms with Crippen molar-refractivity contribution in [3.8, 4) is 23.0 Å². The van der Waals surface area contributed by atoms with E-state index in [1.807, 2.05) is 0 Å². The monoisotopic (exact) mass is 415 g/mol. The molecule has 0 unspecified atom stereocenters. The number of alkyl halides is 3. The fourth-order valence-electron chi connectivity index (χ4n) is 2.92. The Morgan fingerprint density at radius 3 is 2.27 bits per heavy atom. The minimum atomic E-state index is -4.68. The Morgan fingerprint density at radius 2 is 1.60 bits per heavy atom. The lowest BCUT2D eigenvalue weighted by molar-refractivity contribution is -0.140. The molecule has 4 aromatic rings. The van der Waals surface area contributed by atoms with Gasteiger partial charge in [0.1, 0.15) is 28.7 Å². The number of halogens is 3. The van der Waals surface area contributed by atoms with Crippen LogP contribution in [0.15, 0.2) is 54.9 Å². The molecule has 3 aromatic heterocycles. The molecule has 0 aliphatic rings. The summed E-state index contributed by atoms with van der Waals surface area (Å²) in [5, 5.41) is 3.04. The molecule has 0 aliphatic heterocycles. The van der Waals surface area contributed by atoms with Crippen LogP contribution in [-0.2, 0) is 6.18 Å². The van der Waals surface area contributed by atoms with Gasteiger partial charge >= 0.3 is 6.18 Å². The smallest absolute Gasteiger partial charge is 0.435 e. The Bertz CT molecular complexity index is 1190. The van der Waals surface area contributed by atoms with E-state index in [0.717, 1.165) is 0 Å². The summed E-state index contributed by atoms with van der Waals surface area (Å²) in [4.78, 5) is 12.1. The molecule has 4 rings (SSSR count). The molecule has 0 atom stereocenters. The summed E-state index contributed by atoms with van der Waals surface area (Å²) in [5.74, 6) is 1.26. The summed E-state index contributed by atoms with van der Waals surface area (Å²) < 4.78 is 52.6. The van der Waals surface area contributed by atoms with Crippen LogP contribution < -0.4 is 14.8 Å². The normalized spacial score (nSPS) is 11.5. The number of nitrogens with one attached hydrogen (secondary N) is 1. The summed E-state index contributed by atoms with van der Waals surface area (Å²) >= 11 is 0. The molecule has 0 saturated carbocycles. The van der Waals surface area contributed by atoms with E-state index in [9.17, 15) is 13.2 Å². The van der Waals surface area contributed by atoms with Crippen molar-refractivity contribution in [2.75, 3.05) is 19.5 Å². The van der Waals surface area contributed by atoms with E-state index >= 15 is 0 Å². The largest absolute Gasteiger partial charge is 0.497 e. The second kappa shape index (κ2) is 7.54. The number of hydrogen-bond donors (Lipinski definition) is 1. The molecule has 3 heterocycles. The molecule has 0 saturated heterocycles. The van der Waals surface area contributed by atoms with Gasteiger partial charge in [-0.3, -0.25) is 4.40 Å². The SMILES string of the molecule is COc1ccc(Nc2ccnc(-c3c(C(F)(F)F)nc4ccc(OC)cn34)n2)cc1. The fourth-order valence-corrected chi connectivity index (χ4v) is 2.92. The Hall–Kier alpha value is -3.82. The molecule has 0 amide bonds. The lowest BCUT2D eigenvalue weighted by Crippen LogP contribution is -2.09. The van der Waals surface area contributed by atoms with Crippen LogP contribution in [0.1, 0.15) is 5.69 Å². The van der Waals surface area contributed by atoms with E-state index in [1.165, 1.54) is 36.0 Å². The molecular formula is C20H16F3N5O2. The average Bonchev–Trinajstić information content (AvgIpc) is 3.14. The number of benzene rings is 1. The molecule has 1 aromatic carbocycles. The summed E-state index contributed by atoms with van der Waals surface area (Å²) in [7, 11) is 2.99. The van der Waals surface area contributed by atoms with Crippen LogP contribution >= 0.6 is 0 Å². The van der Waals surface area contributed by atoms with Crippen LogP contribution in [0.5, 0.6) is 11.5 Å². The first-order chi connectivity index (χ1) is 14.4. The topological polar surface area (TPSA) is 73.6 Å². The molecule has 1 N–H and O–H groups in total. The van der Waals surface area contributed by atoms with Gasteiger partial charge in [0, 0.05) is 11.9 Å². The maximum Gasteiger partial charge on any atom is 0.435 e. The predicted octanol–water partition coefficient (Wildman–Crippen LogP) is 4.57. The zero-order valence-electron chi connectivity index (χ0n) is 15.9. The Kier molecular flexibility index (Phi) is 4.90. The maximum atomic E-state index is 13.7. The van der Waals surface area contributed by atoms with Gasteiger partial charge in [0.05, 0.1) is 20.4 Å². The third-order valence-corrected chi connectivity index (χ3v) is 4.33. The Balaban J connectivity index is 1.80. The second-order valence-corrected chi connectivity index (χ2v) is 6.22. The Morgan fingerprint density at radius 1 is 0.900 bits per heavy atom. The van der Waals surface area contributed by atoms with E-state index in [2.05, 4.69) is 20.3 Å². The highest BCUT2D eigenvalue weighted by Crippen LogP contribution is 2.37. The van der Waals surface area contributed by atoms with Crippen molar-refractivity contribution in [1.82, 2.24) is 19.4 Å². The number of methoxy groups -OCH3 is 2. The first kappa shape index (κ1) is 19.5. The molecular weight excluding hydrogens is 399 g/mol. The minimum Gasteiger partial charge on any atom is -0.497 e. The predicted molar refractivity (Wildman–Crippen MR) is 104 cm³/mol. The zero-order chi connectivity index (χ0) is 21.3. The minimum absolute atomic E-state index is 0.107. The van der Waals surface area contributed by atoms with Crippen molar-refractivity contribution >= 4 is 17.2 Å². The van der Waals surface area contributed by atoms with Gasteiger partial charge in [0.25, 0.3) is 0 Å². The number of anilines is 2. The maximum absolute atomic E-state index is 13.7. The number of fused-ring (bicyclic) bond motifs is 1. The van der Waals surface area contributed by atoms with Crippen LogP contribution in [0.4, 0.5) is 24.7 Å². The molecule has 0 radical (unpaired) electrons. The standard InChI is InChI=1S/C20H16F3N5O2/c1-29-13-5-3-12(4-6-13)25-15-9-10-24-19(26-15)17-18(20(21,22)23)27-16-8-7-14(30-2)11-28(16)17/h3-11H,1-2H3,(H,24,25,26). The van der Waals surface area contributed by atoms with E-state index < -0.39 is 11.9 Å². The summed E-state index contributed by atoms with van der Waals surface area (Å²) in [6.07, 6.45) is -1.88. The van der Waals surface area contributed by atoms with Crippen molar-refractivity contribution in [2.45, 2.75) is 6.18 Å². The molecule has 0 spiro atoms. The van der Waals surface area contributed by atoms with Gasteiger partial charge in [0.15, 0.2) is 11.5 Å². The number of nitrogens with zero attached hydrogens (tertiary/aromatic N) is 4. The molecule has 10 heteroatoms. The third-order valence-electron chi connectivity index (χ3n) is 4.33. The number of aromatic nitrogens is 4. The molecule has 0 aliphatic carbocycles. The van der Waals surface area contributed by atoms with Gasteiger partial charge in [-0.1, -0.05) is 0 Å². The fraction of sp³-hybridized carbons (Fsp3) is 0.150. The number of ether oxygens (including phenoxy) is 2. The van der Waals surface area contributed by atoms with Gasteiger partial charge in [-0.05, 0) is 42.5 Å². The zero-order valence-corrected chi connectivity index (χ0v) is 15.9. The van der Waals surface area contributed by atoms with E-state index in [4.69, 9.17) is 9.47 Å². The van der Waals surface area contributed by atoms with Crippen molar-refractivity contribution in [2.24, 2.45) is 0 Å². The van der Waals surface area contributed by atoms with Gasteiger partial charge < -0.3 is 14.8 Å². The highest BCUT2D eigenvalue weighted by atomic mass is 19.4. The summed E-state index contributed by atoms with van der Waals surface area (Å²) in [6, 6.07) is 11.6. The van der Waals surface area contributed by atoms with Crippen molar-refractivity contribution in [3.05, 3.63) is 60.6 Å². The molecule has 0 fully saturated rings. The molecule has 30 heavy (non-hydrogen) atoms. The summed E-state index contributed by atoms with van der Waals surface area (Å²) in [6.45, 7) is 0. The average molecular weight is 415 g/mol. The second-order valence-electron chi connectivity index (χ2n) is 6.22. The van der Waals surface area contributed by atoms with Crippen LogP contribution in [0.2, 0.25) is 0 Å². The number of imidazole rings is 1. The lowest BCUT2D eigenvalue weighted by atomic mass is 10.2. The molecule has 7 nitrogen and oxygen atoms in total. The van der Waals surface area contributed by atoms with Crippen molar-refractivity contribution in [3.63, 3.8) is 0 Å². The quantitative estimate of drug-likeness (QED) is 0.515. The van der Waals surface area contributed by atoms with E-state index in [1.54, 1.807) is 37.4 Å². The van der Waals surface area contributed by atoms with E-state index in [-0.39, 0.29) is 17.2 Å². The number of hydrogen-bond acceptors (Lipinski definition) is 6. The Labute approximate surface area is 169 Å². The number of pyridine rings is 1. The van der Waals surface area contributed by atoms with Crippen LogP contribution in [0.25, 0.3) is 17.2 Å². The molecule has 0 bridgehead atoms. The van der Waals surface area contributed by atoms with Gasteiger partial charge in [-0.25, -0.2) is 15.0 Å². The first-order valence-corrected chi connectivity index (χ1v) is 8.77.